The minimum absolute atomic E-state index is 0.227. The van der Waals surface area contributed by atoms with Gasteiger partial charge in [-0.1, -0.05) is 94.7 Å². The molecule has 0 saturated carbocycles. The van der Waals surface area contributed by atoms with Crippen molar-refractivity contribution in [2.24, 2.45) is 0 Å². The van der Waals surface area contributed by atoms with Crippen LogP contribution in [-0.4, -0.2) is 22.7 Å². The number of unbranched alkanes of at least 4 members (excludes halogenated alkanes) is 9. The SMILES string of the molecule is CCCCCNC(=O)CCCCCCCCCCc1cccc2cc(O)ccc12.Oc1cc2ccc1=2. The molecule has 4 rings (SSSR count). The van der Waals surface area contributed by atoms with Crippen molar-refractivity contribution in [1.29, 1.82) is 0 Å². The highest BCUT2D eigenvalue weighted by Gasteiger charge is 2.03. The van der Waals surface area contributed by atoms with E-state index in [1.165, 1.54) is 74.0 Å². The summed E-state index contributed by atoms with van der Waals surface area (Å²) >= 11 is 0. The standard InChI is InChI=1S/C26H39NO2.C6H4O/c1-2-3-12-20-27-26(29)17-11-9-7-5-4-6-8-10-14-22-15-13-16-23-21-24(28)18-19-25(22)23;7-6-3-4-1-2-5(4)6/h13,15-16,18-19,21,28H,2-12,14,17,20H2,1H3,(H,27,29);1-3,7H. The summed E-state index contributed by atoms with van der Waals surface area (Å²) in [6, 6.07) is 17.7. The molecule has 0 aliphatic heterocycles. The largest absolute Gasteiger partial charge is 0.508 e. The van der Waals surface area contributed by atoms with Gasteiger partial charge in [-0.25, -0.2) is 0 Å². The second-order valence-electron chi connectivity index (χ2n) is 9.94. The van der Waals surface area contributed by atoms with E-state index in [2.05, 4.69) is 30.4 Å². The monoisotopic (exact) mass is 489 g/mol. The Balaban J connectivity index is 0.000000433. The second kappa shape index (κ2) is 15.2. The number of amides is 1. The summed E-state index contributed by atoms with van der Waals surface area (Å²) in [6.45, 7) is 3.02. The number of fused-ring (bicyclic) bond motifs is 1. The number of hydrogen-bond acceptors (Lipinski definition) is 3. The van der Waals surface area contributed by atoms with Gasteiger partial charge in [0.2, 0.25) is 5.91 Å². The highest BCUT2D eigenvalue weighted by molar-refractivity contribution is 5.86. The van der Waals surface area contributed by atoms with E-state index < -0.39 is 0 Å². The van der Waals surface area contributed by atoms with Crippen LogP contribution in [-0.2, 0) is 11.2 Å². The Morgan fingerprint density at radius 3 is 2.14 bits per heavy atom. The molecule has 2 aliphatic rings. The van der Waals surface area contributed by atoms with Crippen molar-refractivity contribution in [3.63, 3.8) is 0 Å². The first kappa shape index (κ1) is 27.6. The van der Waals surface area contributed by atoms with Gasteiger partial charge in [0, 0.05) is 18.2 Å². The number of rotatable bonds is 15. The van der Waals surface area contributed by atoms with Crippen molar-refractivity contribution in [3.8, 4) is 11.5 Å². The average Bonchev–Trinajstić information content (AvgIpc) is 2.86. The molecule has 0 saturated heterocycles. The third-order valence-corrected chi connectivity index (χ3v) is 6.97. The molecule has 0 atom stereocenters. The molecule has 3 N–H and O–H groups in total. The summed E-state index contributed by atoms with van der Waals surface area (Å²) in [7, 11) is 0. The van der Waals surface area contributed by atoms with Crippen LogP contribution in [0, 0.1) is 10.4 Å². The Hall–Kier alpha value is -3.01. The van der Waals surface area contributed by atoms with Crippen molar-refractivity contribution in [2.75, 3.05) is 6.54 Å². The average molecular weight is 490 g/mol. The molecule has 194 valence electrons. The van der Waals surface area contributed by atoms with Gasteiger partial charge in [-0.05, 0) is 65.4 Å². The van der Waals surface area contributed by atoms with Crippen LogP contribution in [0.15, 0.2) is 54.6 Å². The van der Waals surface area contributed by atoms with Crippen molar-refractivity contribution >= 4 is 16.7 Å². The van der Waals surface area contributed by atoms with Crippen molar-refractivity contribution in [3.05, 3.63) is 70.6 Å². The molecule has 0 aromatic heterocycles. The zero-order valence-electron chi connectivity index (χ0n) is 21.9. The van der Waals surface area contributed by atoms with Gasteiger partial charge >= 0.3 is 0 Å². The summed E-state index contributed by atoms with van der Waals surface area (Å²) < 4.78 is 0. The maximum absolute atomic E-state index is 11.7. The van der Waals surface area contributed by atoms with E-state index in [9.17, 15) is 9.90 Å². The quantitative estimate of drug-likeness (QED) is 0.149. The molecule has 0 fully saturated rings. The number of hydrogen-bond donors (Lipinski definition) is 3. The first-order valence-electron chi connectivity index (χ1n) is 13.9. The van der Waals surface area contributed by atoms with E-state index in [0.29, 0.717) is 17.9 Å². The smallest absolute Gasteiger partial charge is 0.219 e. The Morgan fingerprint density at radius 2 is 1.53 bits per heavy atom. The number of aryl methyl sites for hydroxylation is 1. The van der Waals surface area contributed by atoms with Crippen LogP contribution in [0.1, 0.15) is 89.5 Å². The minimum atomic E-state index is 0.227. The molecule has 0 heterocycles. The Labute approximate surface area is 216 Å². The van der Waals surface area contributed by atoms with Crippen LogP contribution >= 0.6 is 0 Å². The summed E-state index contributed by atoms with van der Waals surface area (Å²) in [6.07, 6.45) is 15.1. The number of carbonyl (C=O) groups is 1. The summed E-state index contributed by atoms with van der Waals surface area (Å²) in [5, 5.41) is 25.9. The van der Waals surface area contributed by atoms with Gasteiger partial charge < -0.3 is 15.5 Å². The van der Waals surface area contributed by atoms with Crippen molar-refractivity contribution in [2.45, 2.75) is 90.4 Å². The fourth-order valence-electron chi connectivity index (χ4n) is 4.68. The van der Waals surface area contributed by atoms with Crippen molar-refractivity contribution < 1.29 is 15.0 Å². The number of phenolic OH excluding ortho intramolecular Hbond substituents is 2. The Bertz CT molecular complexity index is 1190. The molecule has 2 aromatic carbocycles. The van der Waals surface area contributed by atoms with Crippen LogP contribution < -0.4 is 5.32 Å². The van der Waals surface area contributed by atoms with E-state index in [4.69, 9.17) is 5.11 Å². The number of carbonyl (C=O) groups excluding carboxylic acids is 1. The molecular formula is C32H43NO3. The fourth-order valence-corrected chi connectivity index (χ4v) is 4.68. The van der Waals surface area contributed by atoms with E-state index in [1.807, 2.05) is 24.3 Å². The number of aromatic hydroxyl groups is 2. The third kappa shape index (κ3) is 8.89. The maximum Gasteiger partial charge on any atom is 0.219 e. The topological polar surface area (TPSA) is 69.6 Å². The van der Waals surface area contributed by atoms with Gasteiger partial charge in [0.1, 0.15) is 11.5 Å². The van der Waals surface area contributed by atoms with Gasteiger partial charge in [0.25, 0.3) is 0 Å². The lowest BCUT2D eigenvalue weighted by Crippen LogP contribution is -2.23. The van der Waals surface area contributed by atoms with Gasteiger partial charge in [-0.2, -0.15) is 0 Å². The van der Waals surface area contributed by atoms with Gasteiger partial charge in [-0.3, -0.25) is 4.79 Å². The first-order valence-corrected chi connectivity index (χ1v) is 13.9. The maximum atomic E-state index is 11.7. The lowest BCUT2D eigenvalue weighted by Gasteiger charge is -2.07. The molecule has 4 heteroatoms. The van der Waals surface area contributed by atoms with Crippen LogP contribution in [0.3, 0.4) is 0 Å². The minimum Gasteiger partial charge on any atom is -0.508 e. The zero-order valence-corrected chi connectivity index (χ0v) is 21.9. The van der Waals surface area contributed by atoms with E-state index in [0.717, 1.165) is 36.4 Å². The molecule has 1 amide bonds. The van der Waals surface area contributed by atoms with Crippen LogP contribution in [0.5, 0.6) is 11.5 Å². The Kier molecular flexibility index (Phi) is 11.6. The summed E-state index contributed by atoms with van der Waals surface area (Å²) in [4.78, 5) is 11.7. The fraction of sp³-hybridized carbons (Fsp3) is 0.469. The van der Waals surface area contributed by atoms with E-state index in [1.54, 1.807) is 12.1 Å². The zero-order chi connectivity index (χ0) is 25.6. The van der Waals surface area contributed by atoms with Crippen LogP contribution in [0.4, 0.5) is 0 Å². The molecule has 0 spiro atoms. The summed E-state index contributed by atoms with van der Waals surface area (Å²) in [5.74, 6) is 1.00. The highest BCUT2D eigenvalue weighted by atomic mass is 16.3. The van der Waals surface area contributed by atoms with E-state index >= 15 is 0 Å². The molecule has 0 unspecified atom stereocenters. The predicted octanol–water partition coefficient (Wildman–Crippen LogP) is 7.90. The van der Waals surface area contributed by atoms with E-state index in [-0.39, 0.29) is 5.91 Å². The lowest BCUT2D eigenvalue weighted by atomic mass is 9.99. The molecular weight excluding hydrogens is 446 g/mol. The number of phenols is 2. The van der Waals surface area contributed by atoms with Crippen molar-refractivity contribution in [1.82, 2.24) is 5.32 Å². The molecule has 36 heavy (non-hydrogen) atoms. The second-order valence-corrected chi connectivity index (χ2v) is 9.94. The summed E-state index contributed by atoms with van der Waals surface area (Å²) in [5.41, 5.74) is 1.38. The molecule has 4 nitrogen and oxygen atoms in total. The first-order chi connectivity index (χ1) is 17.6. The molecule has 2 aromatic rings. The normalized spacial score (nSPS) is 11.1. The Morgan fingerprint density at radius 1 is 0.778 bits per heavy atom. The van der Waals surface area contributed by atoms with Gasteiger partial charge in [0.15, 0.2) is 0 Å². The number of nitrogens with one attached hydrogen (secondary N) is 1. The highest BCUT2D eigenvalue weighted by Crippen LogP contribution is 2.24. The lowest BCUT2D eigenvalue weighted by molar-refractivity contribution is -0.121. The number of benzene rings is 3. The van der Waals surface area contributed by atoms with Crippen LogP contribution in [0.2, 0.25) is 0 Å². The predicted molar refractivity (Wildman–Crippen MR) is 149 cm³/mol. The van der Waals surface area contributed by atoms with Gasteiger partial charge in [-0.15, -0.1) is 0 Å². The van der Waals surface area contributed by atoms with Crippen LogP contribution in [0.25, 0.3) is 10.8 Å². The molecule has 0 radical (unpaired) electrons. The van der Waals surface area contributed by atoms with Gasteiger partial charge in [0.05, 0.1) is 0 Å². The molecule has 2 aliphatic carbocycles. The third-order valence-electron chi connectivity index (χ3n) is 6.97. The molecule has 0 bridgehead atoms.